The second kappa shape index (κ2) is 10.1. The zero-order valence-electron chi connectivity index (χ0n) is 17.6. The molecule has 0 bridgehead atoms. The number of imidazole rings is 1. The summed E-state index contributed by atoms with van der Waals surface area (Å²) in [6, 6.07) is 18.9. The van der Waals surface area contributed by atoms with Crippen molar-refractivity contribution in [2.45, 2.75) is 18.6 Å². The van der Waals surface area contributed by atoms with Crippen LogP contribution in [-0.4, -0.2) is 27.1 Å². The van der Waals surface area contributed by atoms with E-state index in [1.165, 1.54) is 23.9 Å². The van der Waals surface area contributed by atoms with Gasteiger partial charge in [-0.2, -0.15) is 0 Å². The Hall–Kier alpha value is -3.36. The molecule has 4 rings (SSSR count). The molecule has 6 nitrogen and oxygen atoms in total. The molecule has 4 aromatic rings. The van der Waals surface area contributed by atoms with Gasteiger partial charge in [-0.05, 0) is 49.4 Å². The molecule has 0 spiro atoms. The SMILES string of the molecule is Cc1ccc(NC(=O)CSc2nc3ccccc3n2CC(=O)Nc2ccc(Cl)cc2F)cc1. The van der Waals surface area contributed by atoms with Crippen LogP contribution in [0.25, 0.3) is 11.0 Å². The van der Waals surface area contributed by atoms with Gasteiger partial charge in [-0.25, -0.2) is 9.37 Å². The fourth-order valence-electron chi connectivity index (χ4n) is 3.20. The maximum atomic E-state index is 14.1. The van der Waals surface area contributed by atoms with Crippen molar-refractivity contribution in [1.82, 2.24) is 9.55 Å². The van der Waals surface area contributed by atoms with Crippen molar-refractivity contribution in [1.29, 1.82) is 0 Å². The molecule has 0 unspecified atom stereocenters. The third-order valence-corrected chi connectivity index (χ3v) is 6.01. The van der Waals surface area contributed by atoms with Crippen LogP contribution in [0.5, 0.6) is 0 Å². The Morgan fingerprint density at radius 1 is 1.03 bits per heavy atom. The summed E-state index contributed by atoms with van der Waals surface area (Å²) in [4.78, 5) is 29.7. The molecule has 0 fully saturated rings. The van der Waals surface area contributed by atoms with Crippen molar-refractivity contribution in [2.75, 3.05) is 16.4 Å². The first-order valence-electron chi connectivity index (χ1n) is 10.1. The van der Waals surface area contributed by atoms with Gasteiger partial charge in [0.1, 0.15) is 12.4 Å². The molecule has 3 aromatic carbocycles. The van der Waals surface area contributed by atoms with Crippen LogP contribution in [0, 0.1) is 12.7 Å². The number of amides is 2. The van der Waals surface area contributed by atoms with E-state index in [-0.39, 0.29) is 28.9 Å². The first-order valence-corrected chi connectivity index (χ1v) is 11.4. The molecule has 0 saturated heterocycles. The van der Waals surface area contributed by atoms with E-state index < -0.39 is 11.7 Å². The quantitative estimate of drug-likeness (QED) is 0.341. The Morgan fingerprint density at radius 3 is 2.55 bits per heavy atom. The third kappa shape index (κ3) is 5.71. The van der Waals surface area contributed by atoms with Crippen molar-refractivity contribution < 1.29 is 14.0 Å². The topological polar surface area (TPSA) is 76.0 Å². The number of rotatable bonds is 7. The molecule has 1 heterocycles. The van der Waals surface area contributed by atoms with Crippen LogP contribution < -0.4 is 10.6 Å². The summed E-state index contributed by atoms with van der Waals surface area (Å²) in [5.74, 6) is -1.11. The van der Waals surface area contributed by atoms with Gasteiger partial charge in [0.25, 0.3) is 0 Å². The number of fused-ring (bicyclic) bond motifs is 1. The number of hydrogen-bond acceptors (Lipinski definition) is 4. The highest BCUT2D eigenvalue weighted by molar-refractivity contribution is 7.99. The number of carbonyl (C=O) groups excluding carboxylic acids is 2. The fourth-order valence-corrected chi connectivity index (χ4v) is 4.18. The van der Waals surface area contributed by atoms with Crippen molar-refractivity contribution in [3.05, 3.63) is 83.1 Å². The monoisotopic (exact) mass is 482 g/mol. The Balaban J connectivity index is 1.48. The van der Waals surface area contributed by atoms with E-state index in [1.54, 1.807) is 4.57 Å². The molecule has 168 valence electrons. The number of halogens is 2. The molecule has 0 aliphatic carbocycles. The van der Waals surface area contributed by atoms with Gasteiger partial charge in [-0.3, -0.25) is 9.59 Å². The van der Waals surface area contributed by atoms with Crippen LogP contribution in [0.2, 0.25) is 5.02 Å². The van der Waals surface area contributed by atoms with Crippen LogP contribution in [0.4, 0.5) is 15.8 Å². The summed E-state index contributed by atoms with van der Waals surface area (Å²) in [5, 5.41) is 6.17. The Bertz CT molecular complexity index is 1320. The van der Waals surface area contributed by atoms with E-state index in [4.69, 9.17) is 11.6 Å². The lowest BCUT2D eigenvalue weighted by Gasteiger charge is -2.11. The number of nitrogens with one attached hydrogen (secondary N) is 2. The van der Waals surface area contributed by atoms with E-state index in [9.17, 15) is 14.0 Å². The van der Waals surface area contributed by atoms with Crippen molar-refractivity contribution in [2.24, 2.45) is 0 Å². The molecule has 33 heavy (non-hydrogen) atoms. The van der Waals surface area contributed by atoms with E-state index in [1.807, 2.05) is 55.5 Å². The predicted octanol–water partition coefficient (Wildman–Crippen LogP) is 5.51. The molecule has 1 aromatic heterocycles. The first-order chi connectivity index (χ1) is 15.9. The Labute approximate surface area is 199 Å². The van der Waals surface area contributed by atoms with Crippen LogP contribution in [0.3, 0.4) is 0 Å². The minimum Gasteiger partial charge on any atom is -0.325 e. The zero-order chi connectivity index (χ0) is 23.4. The molecule has 0 radical (unpaired) electrons. The van der Waals surface area contributed by atoms with Gasteiger partial charge in [0.05, 0.1) is 22.5 Å². The van der Waals surface area contributed by atoms with Crippen molar-refractivity contribution in [3.63, 3.8) is 0 Å². The van der Waals surface area contributed by atoms with Gasteiger partial charge in [0, 0.05) is 10.7 Å². The first kappa shape index (κ1) is 22.8. The number of para-hydroxylation sites is 2. The van der Waals surface area contributed by atoms with Crippen LogP contribution in [0.15, 0.2) is 71.9 Å². The molecular formula is C24H20ClFN4O2S. The largest absolute Gasteiger partial charge is 0.325 e. The average molecular weight is 483 g/mol. The highest BCUT2D eigenvalue weighted by Crippen LogP contribution is 2.25. The number of nitrogens with zero attached hydrogens (tertiary/aromatic N) is 2. The summed E-state index contributed by atoms with van der Waals surface area (Å²) in [6.07, 6.45) is 0. The van der Waals surface area contributed by atoms with E-state index in [0.717, 1.165) is 17.1 Å². The van der Waals surface area contributed by atoms with E-state index in [0.29, 0.717) is 16.4 Å². The molecule has 2 N–H and O–H groups in total. The minimum absolute atomic E-state index is 0.0421. The van der Waals surface area contributed by atoms with E-state index >= 15 is 0 Å². The summed E-state index contributed by atoms with van der Waals surface area (Å²) in [6.45, 7) is 1.88. The lowest BCUT2D eigenvalue weighted by atomic mass is 10.2. The summed E-state index contributed by atoms with van der Waals surface area (Å²) in [5.41, 5.74) is 3.30. The summed E-state index contributed by atoms with van der Waals surface area (Å²) in [7, 11) is 0. The number of anilines is 2. The molecular weight excluding hydrogens is 463 g/mol. The van der Waals surface area contributed by atoms with Gasteiger partial charge < -0.3 is 15.2 Å². The average Bonchev–Trinajstić information content (AvgIpc) is 3.13. The predicted molar refractivity (Wildman–Crippen MR) is 130 cm³/mol. The van der Waals surface area contributed by atoms with Crippen LogP contribution >= 0.6 is 23.4 Å². The lowest BCUT2D eigenvalue weighted by Crippen LogP contribution is -2.20. The number of carbonyl (C=O) groups is 2. The van der Waals surface area contributed by atoms with E-state index in [2.05, 4.69) is 15.6 Å². The van der Waals surface area contributed by atoms with Crippen molar-refractivity contribution in [3.8, 4) is 0 Å². The number of benzene rings is 3. The second-order valence-electron chi connectivity index (χ2n) is 7.34. The summed E-state index contributed by atoms with van der Waals surface area (Å²) >= 11 is 7.00. The van der Waals surface area contributed by atoms with Gasteiger partial charge in [0.15, 0.2) is 5.16 Å². The van der Waals surface area contributed by atoms with Gasteiger partial charge >= 0.3 is 0 Å². The second-order valence-corrected chi connectivity index (χ2v) is 8.72. The maximum absolute atomic E-state index is 14.1. The standard InChI is InChI=1S/C24H20ClFN4O2S/c1-15-6-9-17(10-7-15)27-23(32)14-33-24-29-20-4-2-3-5-21(20)30(24)13-22(31)28-19-11-8-16(25)12-18(19)26/h2-12H,13-14H2,1H3,(H,27,32)(H,28,31). The normalized spacial score (nSPS) is 10.9. The van der Waals surface area contributed by atoms with Crippen molar-refractivity contribution >= 4 is 57.6 Å². The molecule has 9 heteroatoms. The highest BCUT2D eigenvalue weighted by atomic mass is 35.5. The number of aromatic nitrogens is 2. The zero-order valence-corrected chi connectivity index (χ0v) is 19.2. The molecule has 0 atom stereocenters. The molecule has 0 saturated carbocycles. The number of aryl methyl sites for hydroxylation is 1. The van der Waals surface area contributed by atoms with Gasteiger partial charge in [-0.1, -0.05) is 53.2 Å². The molecule has 2 amide bonds. The molecule has 0 aliphatic rings. The maximum Gasteiger partial charge on any atom is 0.244 e. The van der Waals surface area contributed by atoms with Crippen LogP contribution in [0.1, 0.15) is 5.56 Å². The Morgan fingerprint density at radius 2 is 1.79 bits per heavy atom. The number of hydrogen-bond donors (Lipinski definition) is 2. The van der Waals surface area contributed by atoms with Gasteiger partial charge in [-0.15, -0.1) is 0 Å². The third-order valence-electron chi connectivity index (χ3n) is 4.79. The Kier molecular flexibility index (Phi) is 6.96. The molecule has 0 aliphatic heterocycles. The van der Waals surface area contributed by atoms with Gasteiger partial charge in [0.2, 0.25) is 11.8 Å². The lowest BCUT2D eigenvalue weighted by molar-refractivity contribution is -0.117. The highest BCUT2D eigenvalue weighted by Gasteiger charge is 2.16. The minimum atomic E-state index is -0.617. The van der Waals surface area contributed by atoms with Crippen LogP contribution in [-0.2, 0) is 16.1 Å². The fraction of sp³-hybridized carbons (Fsp3) is 0.125. The number of thioether (sulfide) groups is 1. The smallest absolute Gasteiger partial charge is 0.244 e. The summed E-state index contributed by atoms with van der Waals surface area (Å²) < 4.78 is 15.8.